The number of ether oxygens (including phenoxy) is 1. The van der Waals surface area contributed by atoms with E-state index in [4.69, 9.17) is 4.74 Å². The van der Waals surface area contributed by atoms with E-state index in [1.54, 1.807) is 0 Å². The van der Waals surface area contributed by atoms with Crippen LogP contribution < -0.4 is 10.2 Å². The Bertz CT molecular complexity index is 1060. The van der Waals surface area contributed by atoms with Crippen LogP contribution in [0.4, 0.5) is 11.4 Å². The molecule has 4 rings (SSSR count). The first kappa shape index (κ1) is 17.7. The van der Waals surface area contributed by atoms with Gasteiger partial charge in [0.2, 0.25) is 0 Å². The molecule has 4 aromatic rings. The lowest BCUT2D eigenvalue weighted by molar-refractivity contribution is -0.384. The molecule has 27 heavy (non-hydrogen) atoms. The van der Waals surface area contributed by atoms with E-state index in [0.717, 1.165) is 10.8 Å². The zero-order valence-electron chi connectivity index (χ0n) is 13.8. The molecule has 0 aliphatic carbocycles. The van der Waals surface area contributed by atoms with Gasteiger partial charge in [-0.3, -0.25) is 25.0 Å². The summed E-state index contributed by atoms with van der Waals surface area (Å²) in [5, 5.41) is 23.0. The summed E-state index contributed by atoms with van der Waals surface area (Å²) in [5.74, 6) is 0.490. The average Bonchev–Trinajstić information content (AvgIpc) is 3.33. The number of nitro groups is 2. The van der Waals surface area contributed by atoms with Crippen molar-refractivity contribution >= 4 is 22.1 Å². The minimum Gasteiger partial charge on any atom is -0.457 e. The van der Waals surface area contributed by atoms with Gasteiger partial charge in [0.05, 0.1) is 22.0 Å². The first-order valence-electron chi connectivity index (χ1n) is 7.76. The van der Waals surface area contributed by atoms with E-state index in [0.29, 0.717) is 0 Å². The summed E-state index contributed by atoms with van der Waals surface area (Å²) in [7, 11) is 0. The molecule has 0 radical (unpaired) electrons. The largest absolute Gasteiger partial charge is 0.457 e. The smallest absolute Gasteiger partial charge is 0.273 e. The molecule has 8 nitrogen and oxygen atoms in total. The van der Waals surface area contributed by atoms with Crippen molar-refractivity contribution in [3.63, 3.8) is 0 Å². The Hall–Kier alpha value is -4.07. The molecule has 0 aromatic heterocycles. The maximum absolute atomic E-state index is 10.6. The lowest BCUT2D eigenvalue weighted by Crippen LogP contribution is -1.91. The summed E-state index contributed by atoms with van der Waals surface area (Å²) in [6.07, 6.45) is 0. The zero-order valence-corrected chi connectivity index (χ0v) is 13.8. The van der Waals surface area contributed by atoms with Crippen molar-refractivity contribution < 1.29 is 14.6 Å². The average molecular weight is 364 g/mol. The number of non-ortho nitro benzene ring substituents is 2. The Morgan fingerprint density at radius 3 is 1.48 bits per heavy atom. The molecule has 0 bridgehead atoms. The number of nitro benzene ring substituents is 2. The van der Waals surface area contributed by atoms with Gasteiger partial charge in [-0.2, -0.15) is 0 Å². The summed E-state index contributed by atoms with van der Waals surface area (Å²) < 4.78 is 5.35. The zero-order chi connectivity index (χ0) is 19.4. The summed E-state index contributed by atoms with van der Waals surface area (Å²) in [6, 6.07) is 18.6. The molecule has 0 saturated carbocycles. The predicted octanol–water partition coefficient (Wildman–Crippen LogP) is 4.37. The Balaban J connectivity index is 0.000000216. The highest BCUT2D eigenvalue weighted by Gasteiger charge is 2.10. The normalized spacial score (nSPS) is 10.2. The van der Waals surface area contributed by atoms with Gasteiger partial charge < -0.3 is 4.74 Å². The maximum atomic E-state index is 10.6. The first-order chi connectivity index (χ1) is 13.0. The Kier molecular flexibility index (Phi) is 4.89. The van der Waals surface area contributed by atoms with Crippen LogP contribution in [0.15, 0.2) is 77.6 Å². The Morgan fingerprint density at radius 1 is 0.667 bits per heavy atom. The van der Waals surface area contributed by atoms with Crippen molar-refractivity contribution in [2.24, 2.45) is 0 Å². The van der Waals surface area contributed by atoms with E-state index in [-0.39, 0.29) is 28.3 Å². The molecule has 0 N–H and O–H groups in total. The van der Waals surface area contributed by atoms with Gasteiger partial charge in [-0.05, 0) is 12.1 Å². The van der Waals surface area contributed by atoms with Crippen molar-refractivity contribution in [2.45, 2.75) is 0 Å². The van der Waals surface area contributed by atoms with Gasteiger partial charge >= 0.3 is 0 Å². The topological polar surface area (TPSA) is 113 Å². The molecule has 0 atom stereocenters. The second kappa shape index (κ2) is 7.44. The van der Waals surface area contributed by atoms with Crippen molar-refractivity contribution in [1.29, 1.82) is 0 Å². The molecule has 134 valence electrons. The van der Waals surface area contributed by atoms with Gasteiger partial charge in [-0.25, -0.2) is 0 Å². The quantitative estimate of drug-likeness (QED) is 0.392. The molecule has 0 fully saturated rings. The van der Waals surface area contributed by atoms with E-state index in [1.165, 1.54) is 48.5 Å². The maximum Gasteiger partial charge on any atom is 0.273 e. The van der Waals surface area contributed by atoms with Crippen LogP contribution in [0.5, 0.6) is 11.5 Å². The lowest BCUT2D eigenvalue weighted by Gasteiger charge is -2.04. The van der Waals surface area contributed by atoms with E-state index in [9.17, 15) is 25.0 Å². The predicted molar refractivity (Wildman–Crippen MR) is 98.9 cm³/mol. The van der Waals surface area contributed by atoms with Crippen LogP contribution in [0.25, 0.3) is 10.8 Å². The minimum absolute atomic E-state index is 0.108. The third-order valence-corrected chi connectivity index (χ3v) is 3.65. The molecule has 8 heteroatoms. The highest BCUT2D eigenvalue weighted by molar-refractivity contribution is 5.97. The van der Waals surface area contributed by atoms with Gasteiger partial charge in [0.15, 0.2) is 5.43 Å². The third kappa shape index (κ3) is 4.31. The molecule has 0 spiro atoms. The SMILES string of the molecule is O=[N+]([O-])c1cccc(Oc2cccc([N+](=O)[O-])c2)c1.O=c1c2ccccc12. The van der Waals surface area contributed by atoms with E-state index in [1.807, 2.05) is 24.3 Å². The van der Waals surface area contributed by atoms with Crippen LogP contribution in [-0.2, 0) is 0 Å². The molecule has 0 aliphatic heterocycles. The van der Waals surface area contributed by atoms with Gasteiger partial charge in [0.1, 0.15) is 11.5 Å². The molecule has 0 saturated heterocycles. The molecule has 0 aliphatic rings. The molecule has 0 unspecified atom stereocenters. The van der Waals surface area contributed by atoms with Crippen LogP contribution in [0.3, 0.4) is 0 Å². The standard InChI is InChI=1S/C12H8N2O5.C7H4O/c15-13(16)9-3-1-5-11(7-9)19-12-6-2-4-10(8-12)14(17)18;8-7-5-3-1-2-4-6(5)7/h1-8H;1-4H. The highest BCUT2D eigenvalue weighted by atomic mass is 16.6. The Morgan fingerprint density at radius 2 is 1.11 bits per heavy atom. The second-order valence-corrected chi connectivity index (χ2v) is 5.49. The number of benzene rings is 3. The summed E-state index contributed by atoms with van der Waals surface area (Å²) in [4.78, 5) is 30.7. The number of nitrogens with zero attached hydrogens (tertiary/aromatic N) is 2. The first-order valence-corrected chi connectivity index (χ1v) is 7.76. The fourth-order valence-electron chi connectivity index (χ4n) is 2.29. The summed E-state index contributed by atoms with van der Waals surface area (Å²) in [6.45, 7) is 0. The van der Waals surface area contributed by atoms with Crippen molar-refractivity contribution in [3.8, 4) is 11.5 Å². The molecular weight excluding hydrogens is 352 g/mol. The van der Waals surface area contributed by atoms with E-state index >= 15 is 0 Å². The number of hydrogen-bond acceptors (Lipinski definition) is 6. The minimum atomic E-state index is -0.541. The van der Waals surface area contributed by atoms with Crippen LogP contribution in [-0.4, -0.2) is 9.85 Å². The Labute approximate surface area is 152 Å². The molecule has 0 heterocycles. The van der Waals surface area contributed by atoms with Gasteiger partial charge in [-0.15, -0.1) is 0 Å². The van der Waals surface area contributed by atoms with Crippen molar-refractivity contribution in [3.05, 3.63) is 103 Å². The van der Waals surface area contributed by atoms with Gasteiger partial charge in [0, 0.05) is 22.9 Å². The van der Waals surface area contributed by atoms with E-state index < -0.39 is 9.85 Å². The number of hydrogen-bond donors (Lipinski definition) is 0. The van der Waals surface area contributed by atoms with Crippen LogP contribution in [0.1, 0.15) is 0 Å². The fraction of sp³-hybridized carbons (Fsp3) is 0. The molecular formula is C19H12N2O6. The van der Waals surface area contributed by atoms with Crippen LogP contribution in [0.2, 0.25) is 0 Å². The summed E-state index contributed by atoms with van der Waals surface area (Å²) in [5.41, 5.74) is 0.000798. The third-order valence-electron chi connectivity index (χ3n) is 3.65. The fourth-order valence-corrected chi connectivity index (χ4v) is 2.29. The van der Waals surface area contributed by atoms with Crippen LogP contribution >= 0.6 is 0 Å². The number of fused-ring (bicyclic) bond motifs is 1. The number of rotatable bonds is 4. The monoisotopic (exact) mass is 364 g/mol. The highest BCUT2D eigenvalue weighted by Crippen LogP contribution is 2.27. The second-order valence-electron chi connectivity index (χ2n) is 5.49. The van der Waals surface area contributed by atoms with Crippen LogP contribution in [0, 0.1) is 20.2 Å². The summed E-state index contributed by atoms with van der Waals surface area (Å²) >= 11 is 0. The van der Waals surface area contributed by atoms with Crippen molar-refractivity contribution in [1.82, 2.24) is 0 Å². The molecule has 0 amide bonds. The van der Waals surface area contributed by atoms with Gasteiger partial charge in [0.25, 0.3) is 11.4 Å². The van der Waals surface area contributed by atoms with Crippen molar-refractivity contribution in [2.75, 3.05) is 0 Å². The molecule has 4 aromatic carbocycles. The van der Waals surface area contributed by atoms with E-state index in [2.05, 4.69) is 0 Å². The lowest BCUT2D eigenvalue weighted by atomic mass is 10.3. The van der Waals surface area contributed by atoms with Gasteiger partial charge in [-0.1, -0.05) is 36.4 Å².